The molecule has 0 rings (SSSR count). The summed E-state index contributed by atoms with van der Waals surface area (Å²) in [5, 5.41) is 11.7. The molecule has 0 heterocycles. The standard InChI is InChI=1S/C8H19NO/c1-2-9-7-5-3-4-6-8-10/h9-10H,2-8H2,1H3. The zero-order chi connectivity index (χ0) is 7.66. The first-order valence-electron chi connectivity index (χ1n) is 4.23. The van der Waals surface area contributed by atoms with E-state index < -0.39 is 0 Å². The lowest BCUT2D eigenvalue weighted by Crippen LogP contribution is -2.13. The second-order valence-corrected chi connectivity index (χ2v) is 2.49. The minimum atomic E-state index is 0.348. The zero-order valence-electron chi connectivity index (χ0n) is 6.90. The Hall–Kier alpha value is -0.0800. The van der Waals surface area contributed by atoms with E-state index >= 15 is 0 Å². The highest BCUT2D eigenvalue weighted by molar-refractivity contribution is 4.45. The molecule has 0 amide bonds. The van der Waals surface area contributed by atoms with Crippen molar-refractivity contribution >= 4 is 0 Å². The van der Waals surface area contributed by atoms with Crippen LogP contribution in [0.25, 0.3) is 0 Å². The van der Waals surface area contributed by atoms with Crippen molar-refractivity contribution < 1.29 is 5.11 Å². The second kappa shape index (κ2) is 8.92. The molecule has 2 nitrogen and oxygen atoms in total. The first-order valence-corrected chi connectivity index (χ1v) is 4.23. The molecule has 0 spiro atoms. The molecule has 0 aliphatic heterocycles. The number of aliphatic hydroxyl groups excluding tert-OH is 1. The average Bonchev–Trinajstić information content (AvgIpc) is 1.97. The minimum absolute atomic E-state index is 0.348. The van der Waals surface area contributed by atoms with Crippen molar-refractivity contribution in [2.75, 3.05) is 19.7 Å². The minimum Gasteiger partial charge on any atom is -0.396 e. The number of aliphatic hydroxyl groups is 1. The maximum Gasteiger partial charge on any atom is 0.0431 e. The Kier molecular flexibility index (Phi) is 8.85. The Morgan fingerprint density at radius 2 is 1.80 bits per heavy atom. The quantitative estimate of drug-likeness (QED) is 0.527. The van der Waals surface area contributed by atoms with E-state index in [9.17, 15) is 0 Å². The fraction of sp³-hybridized carbons (Fsp3) is 1.00. The normalized spacial score (nSPS) is 10.2. The van der Waals surface area contributed by atoms with Crippen molar-refractivity contribution in [3.8, 4) is 0 Å². The van der Waals surface area contributed by atoms with Gasteiger partial charge < -0.3 is 10.4 Å². The van der Waals surface area contributed by atoms with Crippen molar-refractivity contribution in [1.82, 2.24) is 5.32 Å². The fourth-order valence-corrected chi connectivity index (χ4v) is 0.892. The summed E-state index contributed by atoms with van der Waals surface area (Å²) in [4.78, 5) is 0. The Morgan fingerprint density at radius 3 is 2.40 bits per heavy atom. The topological polar surface area (TPSA) is 32.3 Å². The maximum absolute atomic E-state index is 8.45. The molecule has 0 unspecified atom stereocenters. The van der Waals surface area contributed by atoms with E-state index in [1.165, 1.54) is 19.3 Å². The molecule has 0 aromatic carbocycles. The van der Waals surface area contributed by atoms with Gasteiger partial charge in [0.05, 0.1) is 0 Å². The van der Waals surface area contributed by atoms with Crippen molar-refractivity contribution in [1.29, 1.82) is 0 Å². The molecule has 0 aromatic heterocycles. The first-order chi connectivity index (χ1) is 4.91. The Bertz CT molecular complexity index is 49.2. The second-order valence-electron chi connectivity index (χ2n) is 2.49. The van der Waals surface area contributed by atoms with Gasteiger partial charge in [-0.2, -0.15) is 0 Å². The molecule has 0 aliphatic carbocycles. The lowest BCUT2D eigenvalue weighted by atomic mass is 10.2. The van der Waals surface area contributed by atoms with Crippen LogP contribution in [0.15, 0.2) is 0 Å². The van der Waals surface area contributed by atoms with Gasteiger partial charge in [0.25, 0.3) is 0 Å². The Morgan fingerprint density at radius 1 is 1.10 bits per heavy atom. The van der Waals surface area contributed by atoms with E-state index in [4.69, 9.17) is 5.11 Å². The predicted octanol–water partition coefficient (Wildman–Crippen LogP) is 1.15. The van der Waals surface area contributed by atoms with Crippen molar-refractivity contribution in [3.63, 3.8) is 0 Å². The Labute approximate surface area is 63.6 Å². The maximum atomic E-state index is 8.45. The molecular weight excluding hydrogens is 126 g/mol. The van der Waals surface area contributed by atoms with Gasteiger partial charge >= 0.3 is 0 Å². The van der Waals surface area contributed by atoms with Gasteiger partial charge in [-0.1, -0.05) is 19.8 Å². The number of rotatable bonds is 7. The molecule has 0 aliphatic rings. The van der Waals surface area contributed by atoms with Crippen LogP contribution < -0.4 is 5.32 Å². The van der Waals surface area contributed by atoms with Crippen molar-refractivity contribution in [3.05, 3.63) is 0 Å². The lowest BCUT2D eigenvalue weighted by molar-refractivity contribution is 0.282. The molecular formula is C8H19NO. The smallest absolute Gasteiger partial charge is 0.0431 e. The summed E-state index contributed by atoms with van der Waals surface area (Å²) in [5.41, 5.74) is 0. The highest BCUT2D eigenvalue weighted by atomic mass is 16.2. The van der Waals surface area contributed by atoms with Gasteiger partial charge in [-0.05, 0) is 25.9 Å². The van der Waals surface area contributed by atoms with Crippen LogP contribution in [0.5, 0.6) is 0 Å². The largest absolute Gasteiger partial charge is 0.396 e. The fourth-order valence-electron chi connectivity index (χ4n) is 0.892. The van der Waals surface area contributed by atoms with E-state index in [0.717, 1.165) is 19.5 Å². The van der Waals surface area contributed by atoms with Gasteiger partial charge in [-0.15, -0.1) is 0 Å². The third-order valence-electron chi connectivity index (χ3n) is 1.51. The van der Waals surface area contributed by atoms with E-state index in [2.05, 4.69) is 12.2 Å². The van der Waals surface area contributed by atoms with E-state index in [0.29, 0.717) is 6.61 Å². The van der Waals surface area contributed by atoms with Gasteiger partial charge in [0.2, 0.25) is 0 Å². The zero-order valence-corrected chi connectivity index (χ0v) is 6.90. The summed E-state index contributed by atoms with van der Waals surface area (Å²) in [7, 11) is 0. The van der Waals surface area contributed by atoms with Crippen molar-refractivity contribution in [2.24, 2.45) is 0 Å². The number of unbranched alkanes of at least 4 members (excludes halogenated alkanes) is 3. The molecule has 62 valence electrons. The molecule has 10 heavy (non-hydrogen) atoms. The highest BCUT2D eigenvalue weighted by Crippen LogP contribution is 1.96. The van der Waals surface area contributed by atoms with E-state index in [-0.39, 0.29) is 0 Å². The van der Waals surface area contributed by atoms with Crippen LogP contribution in [-0.2, 0) is 0 Å². The summed E-state index contributed by atoms with van der Waals surface area (Å²) in [5.74, 6) is 0. The van der Waals surface area contributed by atoms with Gasteiger partial charge in [0, 0.05) is 6.61 Å². The van der Waals surface area contributed by atoms with Crippen LogP contribution in [-0.4, -0.2) is 24.8 Å². The molecule has 0 saturated carbocycles. The van der Waals surface area contributed by atoms with Crippen LogP contribution in [0.1, 0.15) is 32.6 Å². The SMILES string of the molecule is CCNCCCCCCO. The van der Waals surface area contributed by atoms with Crippen LogP contribution in [0.3, 0.4) is 0 Å². The highest BCUT2D eigenvalue weighted by Gasteiger charge is 1.87. The molecule has 0 aromatic rings. The molecule has 0 atom stereocenters. The summed E-state index contributed by atoms with van der Waals surface area (Å²) in [6.45, 7) is 4.66. The van der Waals surface area contributed by atoms with E-state index in [1.807, 2.05) is 0 Å². The van der Waals surface area contributed by atoms with Crippen LogP contribution in [0.4, 0.5) is 0 Å². The number of hydrogen-bond donors (Lipinski definition) is 2. The van der Waals surface area contributed by atoms with Crippen molar-refractivity contribution in [2.45, 2.75) is 32.6 Å². The van der Waals surface area contributed by atoms with Gasteiger partial charge in [0.1, 0.15) is 0 Å². The van der Waals surface area contributed by atoms with Crippen LogP contribution in [0.2, 0.25) is 0 Å². The van der Waals surface area contributed by atoms with Gasteiger partial charge in [-0.3, -0.25) is 0 Å². The van der Waals surface area contributed by atoms with Gasteiger partial charge in [0.15, 0.2) is 0 Å². The predicted molar refractivity (Wildman–Crippen MR) is 44.1 cm³/mol. The van der Waals surface area contributed by atoms with Crippen LogP contribution in [0, 0.1) is 0 Å². The molecule has 2 heteroatoms. The third kappa shape index (κ3) is 7.92. The summed E-state index contributed by atoms with van der Waals surface area (Å²) in [6, 6.07) is 0. The molecule has 0 saturated heterocycles. The molecule has 0 fully saturated rings. The van der Waals surface area contributed by atoms with Gasteiger partial charge in [-0.25, -0.2) is 0 Å². The number of nitrogens with one attached hydrogen (secondary N) is 1. The summed E-state index contributed by atoms with van der Waals surface area (Å²) >= 11 is 0. The molecule has 0 radical (unpaired) electrons. The number of hydrogen-bond acceptors (Lipinski definition) is 2. The summed E-state index contributed by atoms with van der Waals surface area (Å²) in [6.07, 6.45) is 4.62. The molecule has 2 N–H and O–H groups in total. The third-order valence-corrected chi connectivity index (χ3v) is 1.51. The summed E-state index contributed by atoms with van der Waals surface area (Å²) < 4.78 is 0. The molecule has 0 bridgehead atoms. The Balaban J connectivity index is 2.65. The lowest BCUT2D eigenvalue weighted by Gasteiger charge is -1.99. The monoisotopic (exact) mass is 145 g/mol. The first kappa shape index (κ1) is 9.92. The average molecular weight is 145 g/mol. The van der Waals surface area contributed by atoms with Crippen LogP contribution >= 0.6 is 0 Å². The van der Waals surface area contributed by atoms with E-state index in [1.54, 1.807) is 0 Å².